The third kappa shape index (κ3) is 1.79. The van der Waals surface area contributed by atoms with Crippen molar-refractivity contribution in [2.24, 2.45) is 0 Å². The highest BCUT2D eigenvalue weighted by Gasteiger charge is 2.16. The van der Waals surface area contributed by atoms with E-state index in [2.05, 4.69) is 10.2 Å². The van der Waals surface area contributed by atoms with Gasteiger partial charge in [-0.25, -0.2) is 0 Å². The van der Waals surface area contributed by atoms with Crippen molar-refractivity contribution < 1.29 is 4.42 Å². The molecule has 2 aromatic rings. The molecule has 0 saturated carbocycles. The van der Waals surface area contributed by atoms with Crippen LogP contribution in [0, 0.1) is 20.8 Å². The van der Waals surface area contributed by atoms with Crippen LogP contribution in [0.15, 0.2) is 4.42 Å². The first-order chi connectivity index (χ1) is 7.13. The molecule has 0 saturated heterocycles. The van der Waals surface area contributed by atoms with Crippen molar-refractivity contribution in [1.29, 1.82) is 0 Å². The van der Waals surface area contributed by atoms with E-state index < -0.39 is 0 Å². The molecule has 2 rings (SSSR count). The molecule has 0 spiro atoms. The summed E-state index contributed by atoms with van der Waals surface area (Å²) in [5.41, 5.74) is 2.19. The highest BCUT2D eigenvalue weighted by Crippen LogP contribution is 2.33. The van der Waals surface area contributed by atoms with E-state index >= 15 is 0 Å². The van der Waals surface area contributed by atoms with E-state index in [4.69, 9.17) is 16.0 Å². The molecule has 0 aromatic carbocycles. The monoisotopic (exact) mass is 242 g/mol. The number of halogens is 1. The van der Waals surface area contributed by atoms with Crippen LogP contribution in [-0.4, -0.2) is 10.2 Å². The zero-order valence-electron chi connectivity index (χ0n) is 8.80. The predicted molar refractivity (Wildman–Crippen MR) is 61.4 cm³/mol. The molecule has 0 aliphatic carbocycles. The lowest BCUT2D eigenvalue weighted by Gasteiger charge is -1.92. The van der Waals surface area contributed by atoms with Crippen LogP contribution >= 0.6 is 22.9 Å². The fourth-order valence-corrected chi connectivity index (χ4v) is 2.57. The molecule has 0 fully saturated rings. The van der Waals surface area contributed by atoms with E-state index in [0.29, 0.717) is 5.88 Å². The van der Waals surface area contributed by atoms with Gasteiger partial charge < -0.3 is 4.42 Å². The van der Waals surface area contributed by atoms with Gasteiger partial charge in [0.1, 0.15) is 16.5 Å². The van der Waals surface area contributed by atoms with E-state index in [1.165, 1.54) is 11.3 Å². The average molecular weight is 243 g/mol. The van der Waals surface area contributed by atoms with Gasteiger partial charge in [-0.15, -0.1) is 21.8 Å². The maximum atomic E-state index is 5.70. The number of nitrogens with zero attached hydrogens (tertiary/aromatic N) is 2. The zero-order valence-corrected chi connectivity index (χ0v) is 10.4. The summed E-state index contributed by atoms with van der Waals surface area (Å²) >= 11 is 7.21. The van der Waals surface area contributed by atoms with Crippen LogP contribution in [-0.2, 0) is 5.88 Å². The molecular formula is C10H11ClN2OS. The largest absolute Gasteiger partial charge is 0.466 e. The van der Waals surface area contributed by atoms with E-state index in [9.17, 15) is 0 Å². The molecular weight excluding hydrogens is 232 g/mol. The predicted octanol–water partition coefficient (Wildman–Crippen LogP) is 3.46. The molecule has 2 aromatic heterocycles. The molecule has 80 valence electrons. The van der Waals surface area contributed by atoms with Gasteiger partial charge in [-0.3, -0.25) is 0 Å². The molecule has 0 atom stereocenters. The number of furan rings is 1. The molecule has 15 heavy (non-hydrogen) atoms. The van der Waals surface area contributed by atoms with Crippen molar-refractivity contribution >= 4 is 22.9 Å². The van der Waals surface area contributed by atoms with E-state index in [-0.39, 0.29) is 0 Å². The molecule has 0 aliphatic rings. The van der Waals surface area contributed by atoms with Crippen molar-refractivity contribution in [2.75, 3.05) is 0 Å². The van der Waals surface area contributed by atoms with Gasteiger partial charge in [0, 0.05) is 5.56 Å². The minimum atomic E-state index is 0.409. The summed E-state index contributed by atoms with van der Waals surface area (Å²) < 4.78 is 5.55. The first-order valence-corrected chi connectivity index (χ1v) is 5.94. The lowest BCUT2D eigenvalue weighted by atomic mass is 10.1. The number of aromatic nitrogens is 2. The molecule has 0 unspecified atom stereocenters. The SMILES string of the molecule is Cc1oc(C)c(-c2nnc(CCl)s2)c1C. The first kappa shape index (κ1) is 10.6. The van der Waals surface area contributed by atoms with E-state index in [1.807, 2.05) is 20.8 Å². The highest BCUT2D eigenvalue weighted by molar-refractivity contribution is 7.14. The number of alkyl halides is 1. The van der Waals surface area contributed by atoms with Crippen LogP contribution in [0.1, 0.15) is 22.1 Å². The van der Waals surface area contributed by atoms with Crippen LogP contribution in [0.2, 0.25) is 0 Å². The van der Waals surface area contributed by atoms with Gasteiger partial charge in [0.15, 0.2) is 5.01 Å². The van der Waals surface area contributed by atoms with Crippen molar-refractivity contribution in [2.45, 2.75) is 26.7 Å². The first-order valence-electron chi connectivity index (χ1n) is 4.58. The number of hydrogen-bond acceptors (Lipinski definition) is 4. The smallest absolute Gasteiger partial charge is 0.151 e. The van der Waals surface area contributed by atoms with Gasteiger partial charge in [-0.2, -0.15) is 0 Å². The standard InChI is InChI=1S/C10H11ClN2OS/c1-5-6(2)14-7(3)9(5)10-13-12-8(4-11)15-10/h4H2,1-3H3. The van der Waals surface area contributed by atoms with Crippen molar-refractivity contribution in [3.63, 3.8) is 0 Å². The second kappa shape index (κ2) is 3.94. The van der Waals surface area contributed by atoms with Gasteiger partial charge in [-0.1, -0.05) is 11.3 Å². The van der Waals surface area contributed by atoms with Crippen LogP contribution in [0.3, 0.4) is 0 Å². The minimum Gasteiger partial charge on any atom is -0.466 e. The van der Waals surface area contributed by atoms with Gasteiger partial charge in [0.25, 0.3) is 0 Å². The second-order valence-corrected chi connectivity index (χ2v) is 4.68. The molecule has 0 amide bonds. The summed E-state index contributed by atoms with van der Waals surface area (Å²) in [5, 5.41) is 9.84. The second-order valence-electron chi connectivity index (χ2n) is 3.35. The molecule has 5 heteroatoms. The van der Waals surface area contributed by atoms with Crippen molar-refractivity contribution in [1.82, 2.24) is 10.2 Å². The zero-order chi connectivity index (χ0) is 11.0. The van der Waals surface area contributed by atoms with Crippen LogP contribution in [0.5, 0.6) is 0 Å². The van der Waals surface area contributed by atoms with E-state index in [1.54, 1.807) is 0 Å². The number of aryl methyl sites for hydroxylation is 2. The third-order valence-corrected chi connectivity index (χ3v) is 3.71. The molecule has 2 heterocycles. The normalized spacial score (nSPS) is 10.9. The minimum absolute atomic E-state index is 0.409. The lowest BCUT2D eigenvalue weighted by molar-refractivity contribution is 0.503. The van der Waals surface area contributed by atoms with E-state index in [0.717, 1.165) is 32.7 Å². The summed E-state index contributed by atoms with van der Waals surface area (Å²) in [7, 11) is 0. The van der Waals surface area contributed by atoms with Gasteiger partial charge in [0.2, 0.25) is 0 Å². The molecule has 3 nitrogen and oxygen atoms in total. The molecule has 0 aliphatic heterocycles. The maximum absolute atomic E-state index is 5.70. The van der Waals surface area contributed by atoms with Gasteiger partial charge >= 0.3 is 0 Å². The Morgan fingerprint density at radius 2 is 1.93 bits per heavy atom. The fourth-order valence-electron chi connectivity index (χ4n) is 1.52. The molecule has 0 N–H and O–H groups in total. The summed E-state index contributed by atoms with van der Waals surface area (Å²) in [6.45, 7) is 5.93. The van der Waals surface area contributed by atoms with Crippen molar-refractivity contribution in [3.05, 3.63) is 22.1 Å². The Kier molecular flexibility index (Phi) is 2.80. The summed E-state index contributed by atoms with van der Waals surface area (Å²) in [6.07, 6.45) is 0. The van der Waals surface area contributed by atoms with Gasteiger partial charge in [-0.05, 0) is 20.8 Å². The van der Waals surface area contributed by atoms with Gasteiger partial charge in [0.05, 0.1) is 11.4 Å². The Bertz CT molecular complexity index is 490. The summed E-state index contributed by atoms with van der Waals surface area (Å²) in [4.78, 5) is 0. The number of rotatable bonds is 2. The number of hydrogen-bond donors (Lipinski definition) is 0. The highest BCUT2D eigenvalue weighted by atomic mass is 35.5. The Morgan fingerprint density at radius 3 is 2.40 bits per heavy atom. The fraction of sp³-hybridized carbons (Fsp3) is 0.400. The Balaban J connectivity index is 2.53. The van der Waals surface area contributed by atoms with Crippen LogP contribution < -0.4 is 0 Å². The summed E-state index contributed by atoms with van der Waals surface area (Å²) in [5.74, 6) is 2.24. The van der Waals surface area contributed by atoms with Crippen LogP contribution in [0.4, 0.5) is 0 Å². The lowest BCUT2D eigenvalue weighted by Crippen LogP contribution is -1.80. The van der Waals surface area contributed by atoms with Crippen molar-refractivity contribution in [3.8, 4) is 10.6 Å². The molecule has 0 bridgehead atoms. The topological polar surface area (TPSA) is 38.9 Å². The Morgan fingerprint density at radius 1 is 1.20 bits per heavy atom. The Hall–Kier alpha value is -0.870. The quantitative estimate of drug-likeness (QED) is 0.757. The Labute approximate surface area is 97.1 Å². The van der Waals surface area contributed by atoms with Crippen LogP contribution in [0.25, 0.3) is 10.6 Å². The average Bonchev–Trinajstić information content (AvgIpc) is 2.74. The maximum Gasteiger partial charge on any atom is 0.151 e. The summed E-state index contributed by atoms with van der Waals surface area (Å²) in [6, 6.07) is 0. The molecule has 0 radical (unpaired) electrons. The third-order valence-electron chi connectivity index (χ3n) is 2.36.